The van der Waals surface area contributed by atoms with Crippen LogP contribution in [0.2, 0.25) is 0 Å². The Morgan fingerprint density at radius 3 is 1.97 bits per heavy atom. The van der Waals surface area contributed by atoms with Gasteiger partial charge in [0.1, 0.15) is 0 Å². The van der Waals surface area contributed by atoms with E-state index >= 15 is 0 Å². The predicted molar refractivity (Wildman–Crippen MR) is 120 cm³/mol. The van der Waals surface area contributed by atoms with Crippen molar-refractivity contribution in [3.8, 4) is 28.7 Å². The van der Waals surface area contributed by atoms with Crippen molar-refractivity contribution < 1.29 is 39.7 Å². The van der Waals surface area contributed by atoms with Crippen LogP contribution >= 0.6 is 0 Å². The zero-order valence-corrected chi connectivity index (χ0v) is 18.8. The summed E-state index contributed by atoms with van der Waals surface area (Å²) in [6, 6.07) is 8.36. The molecule has 0 saturated heterocycles. The molecule has 0 aliphatic carbocycles. The summed E-state index contributed by atoms with van der Waals surface area (Å²) in [6.45, 7) is -0.0832. The van der Waals surface area contributed by atoms with Gasteiger partial charge in [-0.25, -0.2) is 0 Å². The van der Waals surface area contributed by atoms with E-state index < -0.39 is 12.2 Å². The molecule has 2 aromatic rings. The molecule has 0 saturated carbocycles. The van der Waals surface area contributed by atoms with E-state index in [1.807, 2.05) is 0 Å². The van der Waals surface area contributed by atoms with E-state index in [2.05, 4.69) is 0 Å². The molecule has 5 N–H and O–H groups in total. The molecule has 8 nitrogen and oxygen atoms in total. The van der Waals surface area contributed by atoms with Crippen LogP contribution in [0.5, 0.6) is 28.7 Å². The SMILES string of the molecule is COc1cc(CC(CCO)C(O)CC(O)CCc2cc(OC)c(O)c(OC)c2)ccc1O. The van der Waals surface area contributed by atoms with Gasteiger partial charge in [-0.05, 0) is 73.4 Å². The number of methoxy groups -OCH3 is 3. The summed E-state index contributed by atoms with van der Waals surface area (Å²) in [4.78, 5) is 0. The molecule has 0 heterocycles. The zero-order chi connectivity index (χ0) is 23.7. The number of phenols is 2. The summed E-state index contributed by atoms with van der Waals surface area (Å²) in [7, 11) is 4.37. The van der Waals surface area contributed by atoms with E-state index in [1.54, 1.807) is 24.3 Å². The lowest BCUT2D eigenvalue weighted by Gasteiger charge is -2.25. The number of rotatable bonds is 13. The second kappa shape index (κ2) is 12.4. The van der Waals surface area contributed by atoms with Crippen molar-refractivity contribution in [2.24, 2.45) is 5.92 Å². The standard InChI is InChI=1S/C24H34O8/c1-30-21-11-15(5-7-19(21)27)10-17(8-9-25)20(28)14-18(26)6-4-16-12-22(31-2)24(29)23(13-16)32-3/h5,7,11-13,17-18,20,25-29H,4,6,8-10,14H2,1-3H3. The number of aromatic hydroxyl groups is 2. The van der Waals surface area contributed by atoms with E-state index in [1.165, 1.54) is 27.4 Å². The number of hydrogen-bond donors (Lipinski definition) is 5. The Morgan fingerprint density at radius 1 is 0.812 bits per heavy atom. The van der Waals surface area contributed by atoms with Gasteiger partial charge in [0.25, 0.3) is 0 Å². The van der Waals surface area contributed by atoms with Gasteiger partial charge < -0.3 is 39.7 Å². The van der Waals surface area contributed by atoms with Crippen LogP contribution in [-0.4, -0.2) is 65.7 Å². The minimum atomic E-state index is -0.819. The topological polar surface area (TPSA) is 129 Å². The molecule has 0 amide bonds. The van der Waals surface area contributed by atoms with Gasteiger partial charge in [0.2, 0.25) is 5.75 Å². The van der Waals surface area contributed by atoms with Gasteiger partial charge in [-0.15, -0.1) is 0 Å². The van der Waals surface area contributed by atoms with E-state index in [0.717, 1.165) is 11.1 Å². The Bertz CT molecular complexity index is 829. The molecular weight excluding hydrogens is 416 g/mol. The van der Waals surface area contributed by atoms with Crippen LogP contribution in [0, 0.1) is 5.92 Å². The van der Waals surface area contributed by atoms with Gasteiger partial charge in [0, 0.05) is 6.61 Å². The maximum Gasteiger partial charge on any atom is 0.200 e. The minimum absolute atomic E-state index is 0.0356. The highest BCUT2D eigenvalue weighted by atomic mass is 16.5. The van der Waals surface area contributed by atoms with Gasteiger partial charge in [-0.2, -0.15) is 0 Å². The van der Waals surface area contributed by atoms with E-state index in [9.17, 15) is 25.5 Å². The third-order valence-corrected chi connectivity index (χ3v) is 5.61. The number of aliphatic hydroxyl groups is 3. The minimum Gasteiger partial charge on any atom is -0.504 e. The fourth-order valence-corrected chi connectivity index (χ4v) is 3.76. The Morgan fingerprint density at radius 2 is 1.41 bits per heavy atom. The van der Waals surface area contributed by atoms with Crippen molar-refractivity contribution in [2.45, 2.75) is 44.3 Å². The van der Waals surface area contributed by atoms with E-state index in [-0.39, 0.29) is 30.4 Å². The Labute approximate surface area is 188 Å². The second-order valence-electron chi connectivity index (χ2n) is 7.83. The number of ether oxygens (including phenoxy) is 3. The quantitative estimate of drug-likeness (QED) is 0.315. The van der Waals surface area contributed by atoms with Crippen molar-refractivity contribution >= 4 is 0 Å². The average Bonchev–Trinajstić information content (AvgIpc) is 2.79. The van der Waals surface area contributed by atoms with Crippen molar-refractivity contribution in [2.75, 3.05) is 27.9 Å². The van der Waals surface area contributed by atoms with Crippen LogP contribution < -0.4 is 14.2 Å². The van der Waals surface area contributed by atoms with E-state index in [4.69, 9.17) is 14.2 Å². The summed E-state index contributed by atoms with van der Waals surface area (Å²) in [5.74, 6) is 0.626. The number of aliphatic hydroxyl groups excluding tert-OH is 3. The van der Waals surface area contributed by atoms with Crippen molar-refractivity contribution in [3.63, 3.8) is 0 Å². The largest absolute Gasteiger partial charge is 0.504 e. The van der Waals surface area contributed by atoms with Gasteiger partial charge >= 0.3 is 0 Å². The summed E-state index contributed by atoms with van der Waals surface area (Å²) < 4.78 is 15.4. The molecule has 32 heavy (non-hydrogen) atoms. The van der Waals surface area contributed by atoms with Crippen LogP contribution in [0.4, 0.5) is 0 Å². The highest BCUT2D eigenvalue weighted by Crippen LogP contribution is 2.37. The van der Waals surface area contributed by atoms with Crippen LogP contribution in [0.3, 0.4) is 0 Å². The molecule has 0 radical (unpaired) electrons. The summed E-state index contributed by atoms with van der Waals surface area (Å²) in [5, 5.41) is 50.4. The van der Waals surface area contributed by atoms with Gasteiger partial charge in [-0.1, -0.05) is 6.07 Å². The van der Waals surface area contributed by atoms with Crippen LogP contribution in [0.15, 0.2) is 30.3 Å². The molecule has 178 valence electrons. The first kappa shape index (κ1) is 25.6. The summed E-state index contributed by atoms with van der Waals surface area (Å²) in [6.07, 6.45) is 0.327. The molecule has 3 atom stereocenters. The second-order valence-corrected chi connectivity index (χ2v) is 7.83. The van der Waals surface area contributed by atoms with E-state index in [0.29, 0.717) is 42.9 Å². The van der Waals surface area contributed by atoms with Gasteiger partial charge in [0.05, 0.1) is 33.5 Å². The average molecular weight is 451 g/mol. The maximum atomic E-state index is 10.7. The molecule has 2 aromatic carbocycles. The number of benzene rings is 2. The highest BCUT2D eigenvalue weighted by molar-refractivity contribution is 5.52. The summed E-state index contributed by atoms with van der Waals surface area (Å²) >= 11 is 0. The number of aryl methyl sites for hydroxylation is 1. The predicted octanol–water partition coefficient (Wildman–Crippen LogP) is 2.41. The molecular formula is C24H34O8. The Balaban J connectivity index is 1.99. The lowest BCUT2D eigenvalue weighted by atomic mass is 9.87. The monoisotopic (exact) mass is 450 g/mol. The smallest absolute Gasteiger partial charge is 0.200 e. The van der Waals surface area contributed by atoms with Crippen molar-refractivity contribution in [1.82, 2.24) is 0 Å². The molecule has 2 rings (SSSR count). The maximum absolute atomic E-state index is 10.7. The first-order valence-electron chi connectivity index (χ1n) is 10.6. The van der Waals surface area contributed by atoms with Crippen molar-refractivity contribution in [3.05, 3.63) is 41.5 Å². The number of hydrogen-bond acceptors (Lipinski definition) is 8. The molecule has 0 aromatic heterocycles. The zero-order valence-electron chi connectivity index (χ0n) is 18.8. The molecule has 0 aliphatic rings. The first-order chi connectivity index (χ1) is 15.3. The fraction of sp³-hybridized carbons (Fsp3) is 0.500. The lowest BCUT2D eigenvalue weighted by molar-refractivity contribution is 0.0320. The molecule has 0 spiro atoms. The fourth-order valence-electron chi connectivity index (χ4n) is 3.76. The Kier molecular flexibility index (Phi) is 9.90. The van der Waals surface area contributed by atoms with Gasteiger partial charge in [-0.3, -0.25) is 0 Å². The van der Waals surface area contributed by atoms with Gasteiger partial charge in [0.15, 0.2) is 23.0 Å². The normalized spacial score (nSPS) is 13.9. The lowest BCUT2D eigenvalue weighted by Crippen LogP contribution is -2.28. The third kappa shape index (κ3) is 6.91. The van der Waals surface area contributed by atoms with Crippen LogP contribution in [0.25, 0.3) is 0 Å². The van der Waals surface area contributed by atoms with Crippen molar-refractivity contribution in [1.29, 1.82) is 0 Å². The van der Waals surface area contributed by atoms with Crippen LogP contribution in [-0.2, 0) is 12.8 Å². The molecule has 0 aliphatic heterocycles. The first-order valence-corrected chi connectivity index (χ1v) is 10.6. The summed E-state index contributed by atoms with van der Waals surface area (Å²) in [5.41, 5.74) is 1.68. The Hall–Kier alpha value is -2.68. The highest BCUT2D eigenvalue weighted by Gasteiger charge is 2.23. The molecule has 0 fully saturated rings. The molecule has 0 bridgehead atoms. The number of phenolic OH excluding ortho intramolecular Hbond substituents is 2. The molecule has 3 unspecified atom stereocenters. The van der Waals surface area contributed by atoms with Crippen LogP contribution in [0.1, 0.15) is 30.4 Å². The molecule has 8 heteroatoms. The third-order valence-electron chi connectivity index (χ3n) is 5.61.